The molecule has 10 heteroatoms. The lowest BCUT2D eigenvalue weighted by molar-refractivity contribution is -0.130. The Morgan fingerprint density at radius 3 is 2.33 bits per heavy atom. The number of benzene rings is 3. The van der Waals surface area contributed by atoms with Crippen LogP contribution in [0.4, 0.5) is 4.79 Å². The molecule has 3 aromatic rings. The van der Waals surface area contributed by atoms with Gasteiger partial charge in [0.1, 0.15) is 17.9 Å². The van der Waals surface area contributed by atoms with Gasteiger partial charge in [-0.25, -0.2) is 4.79 Å². The van der Waals surface area contributed by atoms with Gasteiger partial charge in [-0.3, -0.25) is 19.8 Å². The highest BCUT2D eigenvalue weighted by Gasteiger charge is 2.36. The number of carbonyl (C=O) groups excluding carboxylic acids is 3. The molecular formula is C30H28BrClN2O6. The van der Waals surface area contributed by atoms with Crippen LogP contribution in [0.2, 0.25) is 5.02 Å². The fourth-order valence-corrected chi connectivity index (χ4v) is 4.38. The minimum absolute atomic E-state index is 0.0775. The molecule has 0 aliphatic carbocycles. The van der Waals surface area contributed by atoms with Crippen LogP contribution >= 0.6 is 27.5 Å². The van der Waals surface area contributed by atoms with E-state index in [0.717, 1.165) is 21.4 Å². The predicted molar refractivity (Wildman–Crippen MR) is 155 cm³/mol. The molecule has 0 aromatic heterocycles. The second kappa shape index (κ2) is 13.5. The molecule has 0 spiro atoms. The molecule has 0 saturated carbocycles. The van der Waals surface area contributed by atoms with Crippen molar-refractivity contribution in [1.82, 2.24) is 10.2 Å². The minimum Gasteiger partial charge on any atom is -0.490 e. The Bertz CT molecular complexity index is 1440. The lowest BCUT2D eigenvalue weighted by Gasteiger charge is -2.27. The summed E-state index contributed by atoms with van der Waals surface area (Å²) in [6.07, 6.45) is 2.22. The molecule has 8 nitrogen and oxygen atoms in total. The average molecular weight is 628 g/mol. The first-order valence-corrected chi connectivity index (χ1v) is 13.9. The minimum atomic E-state index is -0.811. The summed E-state index contributed by atoms with van der Waals surface area (Å²) in [4.78, 5) is 39.8. The largest absolute Gasteiger partial charge is 0.490 e. The number of ether oxygens (including phenoxy) is 3. The summed E-state index contributed by atoms with van der Waals surface area (Å²) in [7, 11) is 0. The molecule has 0 atom stereocenters. The van der Waals surface area contributed by atoms with Crippen molar-refractivity contribution >= 4 is 51.5 Å². The monoisotopic (exact) mass is 626 g/mol. The Balaban J connectivity index is 1.59. The summed E-state index contributed by atoms with van der Waals surface area (Å²) in [6.45, 7) is 4.99. The lowest BCUT2D eigenvalue weighted by Crippen LogP contribution is -2.53. The molecule has 4 rings (SSSR count). The zero-order valence-electron chi connectivity index (χ0n) is 22.0. The number of amides is 4. The third-order valence-electron chi connectivity index (χ3n) is 5.88. The smallest absolute Gasteiger partial charge is 0.331 e. The average Bonchev–Trinajstić information content (AvgIpc) is 2.93. The Morgan fingerprint density at radius 1 is 0.875 bits per heavy atom. The van der Waals surface area contributed by atoms with Gasteiger partial charge in [-0.05, 0) is 73.0 Å². The van der Waals surface area contributed by atoms with Gasteiger partial charge in [0.25, 0.3) is 11.8 Å². The van der Waals surface area contributed by atoms with Crippen molar-refractivity contribution in [3.8, 4) is 17.2 Å². The van der Waals surface area contributed by atoms with Crippen molar-refractivity contribution in [1.29, 1.82) is 0 Å². The number of carbonyl (C=O) groups is 3. The van der Waals surface area contributed by atoms with E-state index in [1.54, 1.807) is 36.4 Å². The molecule has 1 fully saturated rings. The standard InChI is InChI=1S/C30H28BrClN2O6/c1-3-13-39-26-11-7-20(14-27(26)38-4-2)17-34-29(36)24(28(35)33-30(34)37)16-21-15-23(32)10-12-25(21)40-18-19-5-8-22(31)9-6-19/h5-12,14-16H,3-4,13,17-18H2,1-2H3,(H,33,35,37)/b24-16+. The van der Waals surface area contributed by atoms with Gasteiger partial charge >= 0.3 is 6.03 Å². The molecule has 208 valence electrons. The fraction of sp³-hybridized carbons (Fsp3) is 0.233. The van der Waals surface area contributed by atoms with Gasteiger partial charge in [0, 0.05) is 15.1 Å². The Morgan fingerprint density at radius 2 is 1.60 bits per heavy atom. The van der Waals surface area contributed by atoms with Gasteiger partial charge in [-0.2, -0.15) is 0 Å². The first-order chi connectivity index (χ1) is 19.3. The van der Waals surface area contributed by atoms with E-state index in [1.807, 2.05) is 38.1 Å². The topological polar surface area (TPSA) is 94.2 Å². The number of hydrogen-bond donors (Lipinski definition) is 1. The third-order valence-corrected chi connectivity index (χ3v) is 6.64. The second-order valence-corrected chi connectivity index (χ2v) is 10.2. The van der Waals surface area contributed by atoms with Gasteiger partial charge in [-0.1, -0.05) is 52.7 Å². The van der Waals surface area contributed by atoms with Gasteiger partial charge in [0.15, 0.2) is 11.5 Å². The van der Waals surface area contributed by atoms with Crippen LogP contribution in [0.25, 0.3) is 6.08 Å². The Kier molecular flexibility index (Phi) is 9.84. The maximum absolute atomic E-state index is 13.4. The van der Waals surface area contributed by atoms with Crippen LogP contribution in [0.15, 0.2) is 70.7 Å². The summed E-state index contributed by atoms with van der Waals surface area (Å²) < 4.78 is 18.4. The van der Waals surface area contributed by atoms with Crippen LogP contribution in [0.1, 0.15) is 37.0 Å². The van der Waals surface area contributed by atoms with E-state index >= 15 is 0 Å². The quantitative estimate of drug-likeness (QED) is 0.192. The van der Waals surface area contributed by atoms with E-state index in [2.05, 4.69) is 21.2 Å². The molecule has 4 amide bonds. The molecule has 0 unspecified atom stereocenters. The van der Waals surface area contributed by atoms with E-state index in [0.29, 0.717) is 46.6 Å². The summed E-state index contributed by atoms with van der Waals surface area (Å²) in [6, 6.07) is 17.0. The number of halogens is 2. The maximum atomic E-state index is 13.4. The first-order valence-electron chi connectivity index (χ1n) is 12.7. The van der Waals surface area contributed by atoms with Gasteiger partial charge < -0.3 is 14.2 Å². The molecule has 3 aromatic carbocycles. The molecule has 0 radical (unpaired) electrons. The molecule has 1 aliphatic heterocycles. The van der Waals surface area contributed by atoms with Crippen LogP contribution in [0.5, 0.6) is 17.2 Å². The van der Waals surface area contributed by atoms with Crippen LogP contribution in [0, 0.1) is 0 Å². The summed E-state index contributed by atoms with van der Waals surface area (Å²) in [5.41, 5.74) is 1.76. The molecule has 1 aliphatic rings. The summed E-state index contributed by atoms with van der Waals surface area (Å²) >= 11 is 9.63. The normalized spacial score (nSPS) is 14.3. The fourth-order valence-electron chi connectivity index (χ4n) is 3.93. The second-order valence-electron chi connectivity index (χ2n) is 8.87. The van der Waals surface area contributed by atoms with E-state index in [9.17, 15) is 14.4 Å². The molecule has 1 heterocycles. The van der Waals surface area contributed by atoms with Crippen molar-refractivity contribution in [3.05, 3.63) is 92.4 Å². The number of barbiturate groups is 1. The lowest BCUT2D eigenvalue weighted by atomic mass is 10.1. The van der Waals surface area contributed by atoms with Crippen LogP contribution in [-0.4, -0.2) is 36.0 Å². The van der Waals surface area contributed by atoms with E-state index < -0.39 is 17.8 Å². The van der Waals surface area contributed by atoms with Crippen molar-refractivity contribution in [2.75, 3.05) is 13.2 Å². The number of urea groups is 1. The van der Waals surface area contributed by atoms with Crippen LogP contribution in [-0.2, 0) is 22.7 Å². The Labute approximate surface area is 246 Å². The summed E-state index contributed by atoms with van der Waals surface area (Å²) in [5.74, 6) is -0.0286. The molecular weight excluding hydrogens is 600 g/mol. The van der Waals surface area contributed by atoms with E-state index in [4.69, 9.17) is 25.8 Å². The first kappa shape index (κ1) is 29.2. The molecule has 1 N–H and O–H groups in total. The van der Waals surface area contributed by atoms with Crippen molar-refractivity contribution in [2.45, 2.75) is 33.4 Å². The Hall–Kier alpha value is -3.82. The van der Waals surface area contributed by atoms with Crippen molar-refractivity contribution in [2.24, 2.45) is 0 Å². The highest BCUT2D eigenvalue weighted by molar-refractivity contribution is 9.10. The number of nitrogens with one attached hydrogen (secondary N) is 1. The highest BCUT2D eigenvalue weighted by Crippen LogP contribution is 2.31. The van der Waals surface area contributed by atoms with Gasteiger partial charge in [0.05, 0.1) is 19.8 Å². The van der Waals surface area contributed by atoms with Crippen molar-refractivity contribution < 1.29 is 28.6 Å². The zero-order valence-corrected chi connectivity index (χ0v) is 24.4. The summed E-state index contributed by atoms with van der Waals surface area (Å²) in [5, 5.41) is 2.65. The maximum Gasteiger partial charge on any atom is 0.331 e. The van der Waals surface area contributed by atoms with Gasteiger partial charge in [0.2, 0.25) is 0 Å². The number of imide groups is 2. The number of hydrogen-bond acceptors (Lipinski definition) is 6. The SMILES string of the molecule is CCCOc1ccc(CN2C(=O)NC(=O)/C(=C\c3cc(Cl)ccc3OCc3ccc(Br)cc3)C2=O)cc1OCC. The van der Waals surface area contributed by atoms with E-state index in [1.165, 1.54) is 6.08 Å². The zero-order chi connectivity index (χ0) is 28.6. The molecule has 0 bridgehead atoms. The van der Waals surface area contributed by atoms with Crippen LogP contribution in [0.3, 0.4) is 0 Å². The predicted octanol–water partition coefficient (Wildman–Crippen LogP) is 6.53. The van der Waals surface area contributed by atoms with E-state index in [-0.39, 0.29) is 18.7 Å². The van der Waals surface area contributed by atoms with Gasteiger partial charge in [-0.15, -0.1) is 0 Å². The molecule has 1 saturated heterocycles. The highest BCUT2D eigenvalue weighted by atomic mass is 79.9. The van der Waals surface area contributed by atoms with Crippen LogP contribution < -0.4 is 19.5 Å². The van der Waals surface area contributed by atoms with Crippen molar-refractivity contribution in [3.63, 3.8) is 0 Å². The number of rotatable bonds is 11. The number of nitrogens with zero attached hydrogens (tertiary/aromatic N) is 1. The third kappa shape index (κ3) is 7.22. The molecule has 40 heavy (non-hydrogen) atoms.